The topological polar surface area (TPSA) is 89.8 Å². The minimum absolute atomic E-state index is 0.204. The van der Waals surface area contributed by atoms with Crippen LogP contribution >= 0.6 is 0 Å². The smallest absolute Gasteiger partial charge is 0.296 e. The van der Waals surface area contributed by atoms with Gasteiger partial charge in [0.2, 0.25) is 5.95 Å². The predicted molar refractivity (Wildman–Crippen MR) is 181 cm³/mol. The van der Waals surface area contributed by atoms with Crippen molar-refractivity contribution in [2.75, 3.05) is 63.3 Å². The molecule has 0 bridgehead atoms. The molecule has 1 saturated carbocycles. The van der Waals surface area contributed by atoms with E-state index >= 15 is 0 Å². The Hall–Kier alpha value is -3.71. The molecule has 4 heterocycles. The van der Waals surface area contributed by atoms with E-state index in [1.165, 1.54) is 10.1 Å². The van der Waals surface area contributed by atoms with Crippen LogP contribution in [0.4, 0.5) is 20.5 Å². The van der Waals surface area contributed by atoms with E-state index in [-0.39, 0.29) is 11.9 Å². The van der Waals surface area contributed by atoms with Crippen molar-refractivity contribution in [2.45, 2.75) is 63.3 Å². The van der Waals surface area contributed by atoms with E-state index in [0.717, 1.165) is 45.2 Å². The first-order valence-corrected chi connectivity index (χ1v) is 17.2. The molecule has 12 heteroatoms. The lowest BCUT2D eigenvalue weighted by Gasteiger charge is -2.37. The van der Waals surface area contributed by atoms with Gasteiger partial charge in [-0.2, -0.15) is 9.97 Å². The number of morpholine rings is 1. The number of nitrogens with zero attached hydrogens (tertiary/aromatic N) is 6. The molecule has 2 atom stereocenters. The summed E-state index contributed by atoms with van der Waals surface area (Å²) in [5, 5.41) is 3.56. The minimum atomic E-state index is -2.75. The Balaban J connectivity index is 1.02. The number of fused-ring (bicyclic) bond motifs is 1. The van der Waals surface area contributed by atoms with Crippen molar-refractivity contribution in [3.63, 3.8) is 0 Å². The summed E-state index contributed by atoms with van der Waals surface area (Å²) >= 11 is 0. The Labute approximate surface area is 280 Å². The van der Waals surface area contributed by atoms with E-state index in [0.29, 0.717) is 86.1 Å². The fraction of sp³-hybridized carbons (Fsp3) is 0.528. The average molecular weight is 662 g/mol. The van der Waals surface area contributed by atoms with Gasteiger partial charge in [0.15, 0.2) is 5.82 Å². The van der Waals surface area contributed by atoms with Crippen LogP contribution in [0.3, 0.4) is 0 Å². The summed E-state index contributed by atoms with van der Waals surface area (Å²) in [6, 6.07) is 20.2. The fourth-order valence-electron chi connectivity index (χ4n) is 7.50. The number of rotatable bonds is 12. The van der Waals surface area contributed by atoms with Gasteiger partial charge < -0.3 is 24.4 Å². The number of para-hydroxylation sites is 2. The zero-order valence-corrected chi connectivity index (χ0v) is 27.5. The van der Waals surface area contributed by atoms with Crippen molar-refractivity contribution < 1.29 is 23.0 Å². The number of benzene rings is 2. The van der Waals surface area contributed by atoms with Crippen LogP contribution in [-0.2, 0) is 20.8 Å². The molecule has 0 radical (unpaired) electrons. The SMILES string of the molecule is COC[C@@H]1C[C@@H](OCc2ccccc2)CN1[C@H]1CC[C@@H](CNc2cc(-n3c(C(F)F)nc4ccccc43)nc(N3CCOCC3)n2)CC1. The quantitative estimate of drug-likeness (QED) is 0.200. The second-order valence-corrected chi connectivity index (χ2v) is 13.1. The van der Waals surface area contributed by atoms with E-state index in [4.69, 9.17) is 24.2 Å². The van der Waals surface area contributed by atoms with Gasteiger partial charge in [0.05, 0.1) is 43.6 Å². The monoisotopic (exact) mass is 661 g/mol. The first kappa shape index (κ1) is 32.8. The number of anilines is 2. The highest BCUT2D eigenvalue weighted by Crippen LogP contribution is 2.34. The Kier molecular flexibility index (Phi) is 10.4. The molecule has 3 fully saturated rings. The highest BCUT2D eigenvalue weighted by atomic mass is 19.3. The Morgan fingerprint density at radius 3 is 2.50 bits per heavy atom. The highest BCUT2D eigenvalue weighted by molar-refractivity contribution is 5.78. The summed E-state index contributed by atoms with van der Waals surface area (Å²) in [5.41, 5.74) is 2.29. The number of ether oxygens (including phenoxy) is 3. The summed E-state index contributed by atoms with van der Waals surface area (Å²) in [4.78, 5) is 18.6. The number of hydrogen-bond acceptors (Lipinski definition) is 9. The maximum atomic E-state index is 14.3. The van der Waals surface area contributed by atoms with Gasteiger partial charge in [-0.3, -0.25) is 9.47 Å². The van der Waals surface area contributed by atoms with Crippen LogP contribution in [0.2, 0.25) is 0 Å². The highest BCUT2D eigenvalue weighted by Gasteiger charge is 2.38. The van der Waals surface area contributed by atoms with Crippen molar-refractivity contribution in [3.05, 3.63) is 72.1 Å². The molecule has 3 aliphatic rings. The van der Waals surface area contributed by atoms with E-state index in [9.17, 15) is 8.78 Å². The van der Waals surface area contributed by atoms with Crippen LogP contribution in [0.15, 0.2) is 60.7 Å². The molecule has 256 valence electrons. The zero-order chi connectivity index (χ0) is 32.9. The molecule has 4 aromatic rings. The van der Waals surface area contributed by atoms with Crippen LogP contribution in [0.25, 0.3) is 16.9 Å². The first-order chi connectivity index (χ1) is 23.6. The molecule has 2 aromatic carbocycles. The maximum absolute atomic E-state index is 14.3. The molecule has 0 spiro atoms. The van der Waals surface area contributed by atoms with Crippen molar-refractivity contribution in [3.8, 4) is 5.82 Å². The first-order valence-electron chi connectivity index (χ1n) is 17.2. The van der Waals surface area contributed by atoms with E-state index in [1.807, 2.05) is 17.0 Å². The number of aromatic nitrogens is 4. The number of imidazole rings is 1. The summed E-state index contributed by atoms with van der Waals surface area (Å²) in [6.07, 6.45) is 2.86. The molecule has 0 amide bonds. The molecular weight excluding hydrogens is 616 g/mol. The number of nitrogens with one attached hydrogen (secondary N) is 1. The third-order valence-corrected chi connectivity index (χ3v) is 9.97. The van der Waals surface area contributed by atoms with E-state index in [2.05, 4.69) is 39.5 Å². The van der Waals surface area contributed by atoms with Gasteiger partial charge in [-0.1, -0.05) is 42.5 Å². The molecule has 1 N–H and O–H groups in total. The molecule has 48 heavy (non-hydrogen) atoms. The van der Waals surface area contributed by atoms with Crippen LogP contribution in [0.5, 0.6) is 0 Å². The number of alkyl halides is 2. The van der Waals surface area contributed by atoms with Crippen molar-refractivity contribution in [1.29, 1.82) is 0 Å². The Bertz CT molecular complexity index is 1630. The van der Waals surface area contributed by atoms with Crippen molar-refractivity contribution in [1.82, 2.24) is 24.4 Å². The molecule has 1 aliphatic carbocycles. The predicted octanol–water partition coefficient (Wildman–Crippen LogP) is 5.87. The van der Waals surface area contributed by atoms with Gasteiger partial charge in [-0.15, -0.1) is 0 Å². The summed E-state index contributed by atoms with van der Waals surface area (Å²) in [7, 11) is 1.78. The second-order valence-electron chi connectivity index (χ2n) is 13.1. The van der Waals surface area contributed by atoms with Gasteiger partial charge in [0.25, 0.3) is 6.43 Å². The molecule has 0 unspecified atom stereocenters. The Morgan fingerprint density at radius 2 is 1.73 bits per heavy atom. The zero-order valence-electron chi connectivity index (χ0n) is 27.5. The molecule has 2 aromatic heterocycles. The lowest BCUT2D eigenvalue weighted by atomic mass is 9.85. The van der Waals surface area contributed by atoms with E-state index in [1.54, 1.807) is 31.4 Å². The number of methoxy groups -OCH3 is 1. The normalized spacial score (nSPS) is 23.7. The lowest BCUT2D eigenvalue weighted by Crippen LogP contribution is -2.44. The van der Waals surface area contributed by atoms with Crippen LogP contribution in [0.1, 0.15) is 49.9 Å². The van der Waals surface area contributed by atoms with Crippen molar-refractivity contribution >= 4 is 22.8 Å². The standard InChI is InChI=1S/C36H45F2N7O3/c1-46-24-28-19-29(48-23-26-7-3-2-4-8-26)22-44(28)27-13-11-25(12-14-27)21-39-32-20-33(42-36(41-32)43-15-17-47-18-16-43)45-31-10-6-5-9-30(31)40-35(45)34(37)38/h2-10,20,25,27-29,34H,11-19,21-24H2,1H3,(H,39,41,42)/t25-,27+,28-,29+/m0/s1. The Morgan fingerprint density at radius 1 is 0.958 bits per heavy atom. The van der Waals surface area contributed by atoms with Crippen LogP contribution in [0, 0.1) is 5.92 Å². The van der Waals surface area contributed by atoms with Gasteiger partial charge >= 0.3 is 0 Å². The number of hydrogen-bond donors (Lipinski definition) is 1. The van der Waals surface area contributed by atoms with Gasteiger partial charge in [0.1, 0.15) is 11.6 Å². The minimum Gasteiger partial charge on any atom is -0.383 e. The summed E-state index contributed by atoms with van der Waals surface area (Å²) in [6.45, 7) is 5.45. The molecule has 2 saturated heterocycles. The van der Waals surface area contributed by atoms with E-state index < -0.39 is 6.43 Å². The summed E-state index contributed by atoms with van der Waals surface area (Å²) < 4.78 is 47.5. The lowest BCUT2D eigenvalue weighted by molar-refractivity contribution is 0.0382. The average Bonchev–Trinajstić information content (AvgIpc) is 3.73. The molecule has 10 nitrogen and oxygen atoms in total. The maximum Gasteiger partial charge on any atom is 0.296 e. The molecule has 7 rings (SSSR count). The van der Waals surface area contributed by atoms with Gasteiger partial charge in [0, 0.05) is 51.4 Å². The van der Waals surface area contributed by atoms with Gasteiger partial charge in [-0.05, 0) is 55.7 Å². The third kappa shape index (κ3) is 7.46. The number of likely N-dealkylation sites (tertiary alicyclic amines) is 1. The molecular formula is C36H45F2N7O3. The number of halogens is 2. The largest absolute Gasteiger partial charge is 0.383 e. The van der Waals surface area contributed by atoms with Crippen LogP contribution < -0.4 is 10.2 Å². The molecule has 2 aliphatic heterocycles. The second kappa shape index (κ2) is 15.2. The van der Waals surface area contributed by atoms with Crippen LogP contribution in [-0.4, -0.2) is 95.7 Å². The summed E-state index contributed by atoms with van der Waals surface area (Å²) in [5.74, 6) is 1.66. The fourth-order valence-corrected chi connectivity index (χ4v) is 7.50. The van der Waals surface area contributed by atoms with Gasteiger partial charge in [-0.25, -0.2) is 13.8 Å². The van der Waals surface area contributed by atoms with Crippen molar-refractivity contribution in [2.24, 2.45) is 5.92 Å². The third-order valence-electron chi connectivity index (χ3n) is 9.97.